The molecule has 0 unspecified atom stereocenters. The van der Waals surface area contributed by atoms with Crippen molar-refractivity contribution in [3.05, 3.63) is 58.9 Å². The van der Waals surface area contributed by atoms with Gasteiger partial charge in [0.1, 0.15) is 17.1 Å². The molecule has 0 bridgehead atoms. The molecule has 5 rings (SSSR count). The maximum absolute atomic E-state index is 13.9. The first-order valence-electron chi connectivity index (χ1n) is 11.7. The van der Waals surface area contributed by atoms with Crippen LogP contribution in [0.25, 0.3) is 10.2 Å². The molecule has 0 radical (unpaired) electrons. The van der Waals surface area contributed by atoms with Crippen molar-refractivity contribution in [3.8, 4) is 0 Å². The zero-order chi connectivity index (χ0) is 23.3. The molecule has 2 amide bonds. The first-order valence-corrected chi connectivity index (χ1v) is 12.6. The van der Waals surface area contributed by atoms with Gasteiger partial charge in [0.05, 0.1) is 16.8 Å². The molecule has 1 saturated carbocycles. The molecule has 1 aromatic carbocycles. The summed E-state index contributed by atoms with van der Waals surface area (Å²) in [7, 11) is 0. The molecule has 1 aliphatic carbocycles. The average molecular weight is 468 g/mol. The number of carbonyl (C=O) groups excluding carboxylic acids is 2. The summed E-state index contributed by atoms with van der Waals surface area (Å²) in [5, 5.41) is 5.33. The Morgan fingerprint density at radius 3 is 2.73 bits per heavy atom. The van der Waals surface area contributed by atoms with Gasteiger partial charge in [-0.05, 0) is 60.4 Å². The number of aromatic nitrogens is 1. The van der Waals surface area contributed by atoms with Crippen molar-refractivity contribution in [2.24, 2.45) is 11.8 Å². The van der Waals surface area contributed by atoms with Gasteiger partial charge in [-0.2, -0.15) is 0 Å². The molecule has 1 N–H and O–H groups in total. The van der Waals surface area contributed by atoms with Crippen LogP contribution < -0.4 is 5.32 Å². The van der Waals surface area contributed by atoms with Gasteiger partial charge in [0.2, 0.25) is 5.91 Å². The third-order valence-electron chi connectivity index (χ3n) is 7.82. The maximum Gasteiger partial charge on any atom is 0.271 e. The SMILES string of the molecule is C[C@@H]1[C@H](C)CCC[C@@H]1NC(=O)[C@]1(C)Cn2c(cc3sccc32)C(=O)N1Cc1ccc(F)cc1. The lowest BCUT2D eigenvalue weighted by molar-refractivity contribution is -0.134. The van der Waals surface area contributed by atoms with Crippen LogP contribution in [0.1, 0.15) is 56.1 Å². The van der Waals surface area contributed by atoms with E-state index in [9.17, 15) is 14.0 Å². The van der Waals surface area contributed by atoms with E-state index < -0.39 is 5.54 Å². The quantitative estimate of drug-likeness (QED) is 0.574. The first-order chi connectivity index (χ1) is 15.8. The number of benzene rings is 1. The highest BCUT2D eigenvalue weighted by Gasteiger charge is 2.48. The molecular weight excluding hydrogens is 437 g/mol. The summed E-state index contributed by atoms with van der Waals surface area (Å²) in [6.07, 6.45) is 3.24. The number of nitrogens with one attached hydrogen (secondary N) is 1. The fourth-order valence-corrected chi connectivity index (χ4v) is 6.23. The summed E-state index contributed by atoms with van der Waals surface area (Å²) >= 11 is 1.59. The summed E-state index contributed by atoms with van der Waals surface area (Å²) in [6.45, 7) is 6.95. The third-order valence-corrected chi connectivity index (χ3v) is 8.67. The lowest BCUT2D eigenvalue weighted by atomic mass is 9.77. The smallest absolute Gasteiger partial charge is 0.271 e. The van der Waals surface area contributed by atoms with E-state index in [0.29, 0.717) is 24.1 Å². The predicted octanol–water partition coefficient (Wildman–Crippen LogP) is 5.20. The van der Waals surface area contributed by atoms with Gasteiger partial charge >= 0.3 is 0 Å². The van der Waals surface area contributed by atoms with Crippen molar-refractivity contribution < 1.29 is 14.0 Å². The number of rotatable bonds is 4. The monoisotopic (exact) mass is 467 g/mol. The van der Waals surface area contributed by atoms with Crippen molar-refractivity contribution in [2.45, 2.75) is 64.7 Å². The highest BCUT2D eigenvalue weighted by Crippen LogP contribution is 2.36. The Balaban J connectivity index is 1.52. The number of nitrogens with zero attached hydrogens (tertiary/aromatic N) is 2. The van der Waals surface area contributed by atoms with E-state index in [1.54, 1.807) is 28.4 Å². The standard InChI is InChI=1S/C26H30FN3O2S/c1-16-5-4-6-20(17(16)2)28-25(32)26(3)15-29-21-11-12-33-23(21)13-22(29)24(31)30(26)14-18-7-9-19(27)10-8-18/h7-13,16-17,20H,4-6,14-15H2,1-3H3,(H,28,32)/t16-,17-,20+,26+/m1/s1. The van der Waals surface area contributed by atoms with Crippen molar-refractivity contribution in [3.63, 3.8) is 0 Å². The Morgan fingerprint density at radius 2 is 1.97 bits per heavy atom. The lowest BCUT2D eigenvalue weighted by Gasteiger charge is -2.45. The minimum absolute atomic E-state index is 0.105. The number of hydrogen-bond donors (Lipinski definition) is 1. The molecule has 5 nitrogen and oxygen atoms in total. The second-order valence-corrected chi connectivity index (χ2v) is 10.9. The summed E-state index contributed by atoms with van der Waals surface area (Å²) < 4.78 is 16.5. The van der Waals surface area contributed by atoms with Crippen LogP contribution in [0.5, 0.6) is 0 Å². The minimum Gasteiger partial charge on any atom is -0.351 e. The summed E-state index contributed by atoms with van der Waals surface area (Å²) in [4.78, 5) is 29.3. The molecule has 0 spiro atoms. The number of fused-ring (bicyclic) bond motifs is 3. The van der Waals surface area contributed by atoms with Crippen molar-refractivity contribution in [1.29, 1.82) is 0 Å². The molecule has 7 heteroatoms. The number of amides is 2. The Kier molecular flexibility index (Phi) is 5.55. The van der Waals surface area contributed by atoms with Crippen molar-refractivity contribution in [1.82, 2.24) is 14.8 Å². The van der Waals surface area contributed by atoms with Crippen molar-refractivity contribution in [2.75, 3.05) is 0 Å². The van der Waals surface area contributed by atoms with Crippen LogP contribution in [-0.4, -0.2) is 32.9 Å². The molecular formula is C26H30FN3O2S. The predicted molar refractivity (Wildman–Crippen MR) is 129 cm³/mol. The summed E-state index contributed by atoms with van der Waals surface area (Å²) in [5.41, 5.74) is 1.32. The summed E-state index contributed by atoms with van der Waals surface area (Å²) in [5.74, 6) is 0.338. The van der Waals surface area contributed by atoms with E-state index in [0.717, 1.165) is 28.6 Å². The van der Waals surface area contributed by atoms with Gasteiger partial charge in [0.25, 0.3) is 5.91 Å². The highest BCUT2D eigenvalue weighted by atomic mass is 32.1. The van der Waals surface area contributed by atoms with Gasteiger partial charge < -0.3 is 14.8 Å². The Hall–Kier alpha value is -2.67. The van der Waals surface area contributed by atoms with E-state index >= 15 is 0 Å². The van der Waals surface area contributed by atoms with Crippen LogP contribution >= 0.6 is 11.3 Å². The second-order valence-electron chi connectivity index (χ2n) is 9.92. The van der Waals surface area contributed by atoms with Crippen LogP contribution in [-0.2, 0) is 17.9 Å². The number of hydrogen-bond acceptors (Lipinski definition) is 3. The molecule has 1 fully saturated rings. The van der Waals surface area contributed by atoms with Gasteiger partial charge in [0.15, 0.2) is 0 Å². The Morgan fingerprint density at radius 1 is 1.21 bits per heavy atom. The molecule has 33 heavy (non-hydrogen) atoms. The van der Waals surface area contributed by atoms with E-state index in [4.69, 9.17) is 0 Å². The van der Waals surface area contributed by atoms with E-state index in [2.05, 4.69) is 19.2 Å². The normalized spacial score (nSPS) is 27.6. The van der Waals surface area contributed by atoms with Crippen LogP contribution in [0.2, 0.25) is 0 Å². The van der Waals surface area contributed by atoms with E-state index in [1.165, 1.54) is 18.6 Å². The van der Waals surface area contributed by atoms with E-state index in [1.807, 2.05) is 29.0 Å². The van der Waals surface area contributed by atoms with Gasteiger partial charge in [-0.15, -0.1) is 11.3 Å². The van der Waals surface area contributed by atoms with Gasteiger partial charge in [-0.1, -0.05) is 38.8 Å². The maximum atomic E-state index is 13.9. The third kappa shape index (κ3) is 3.76. The van der Waals surface area contributed by atoms with Crippen LogP contribution in [0.3, 0.4) is 0 Å². The molecule has 1 aliphatic heterocycles. The number of carbonyl (C=O) groups is 2. The zero-order valence-corrected chi connectivity index (χ0v) is 20.1. The Bertz CT molecular complexity index is 1200. The number of halogens is 1. The lowest BCUT2D eigenvalue weighted by Crippen LogP contribution is -2.65. The van der Waals surface area contributed by atoms with Gasteiger partial charge in [-0.25, -0.2) is 4.39 Å². The minimum atomic E-state index is -1.06. The van der Waals surface area contributed by atoms with Crippen LogP contribution in [0.4, 0.5) is 4.39 Å². The molecule has 2 aromatic heterocycles. The largest absolute Gasteiger partial charge is 0.351 e. The van der Waals surface area contributed by atoms with Gasteiger partial charge in [-0.3, -0.25) is 9.59 Å². The first kappa shape index (κ1) is 22.1. The molecule has 4 atom stereocenters. The van der Waals surface area contributed by atoms with Crippen LogP contribution in [0.15, 0.2) is 41.8 Å². The van der Waals surface area contributed by atoms with E-state index in [-0.39, 0.29) is 30.2 Å². The fraction of sp³-hybridized carbons (Fsp3) is 0.462. The topological polar surface area (TPSA) is 54.3 Å². The molecule has 0 saturated heterocycles. The Labute approximate surface area is 197 Å². The average Bonchev–Trinajstić information content (AvgIpc) is 3.38. The summed E-state index contributed by atoms with van der Waals surface area (Å²) in [6, 6.07) is 10.2. The number of thiophene rings is 1. The zero-order valence-electron chi connectivity index (χ0n) is 19.3. The molecule has 3 aromatic rings. The van der Waals surface area contributed by atoms with Gasteiger partial charge in [0, 0.05) is 12.6 Å². The van der Waals surface area contributed by atoms with Crippen molar-refractivity contribution >= 4 is 33.4 Å². The molecule has 3 heterocycles. The van der Waals surface area contributed by atoms with Crippen LogP contribution in [0, 0.1) is 17.7 Å². The fourth-order valence-electron chi connectivity index (χ4n) is 5.40. The molecule has 2 aliphatic rings. The molecule has 174 valence electrons. The highest BCUT2D eigenvalue weighted by molar-refractivity contribution is 7.17. The second kappa shape index (κ2) is 8.28.